The summed E-state index contributed by atoms with van der Waals surface area (Å²) >= 11 is 9.61. The molecular formula is C13H15BrClNO. The molecule has 0 N–H and O–H groups in total. The molecule has 0 radical (unpaired) electrons. The molecule has 1 aromatic rings. The van der Waals surface area contributed by atoms with Gasteiger partial charge < -0.3 is 4.90 Å². The molecule has 1 saturated heterocycles. The average molecular weight is 317 g/mol. The maximum atomic E-state index is 12.2. The SMILES string of the molecule is O=C(C(Cl)c1ccc(Br)cc1)N1CCCCC1. The van der Waals surface area contributed by atoms with Crippen molar-refractivity contribution in [2.45, 2.75) is 24.6 Å². The molecule has 1 aromatic carbocycles. The first kappa shape index (κ1) is 12.9. The minimum Gasteiger partial charge on any atom is -0.341 e. The van der Waals surface area contributed by atoms with E-state index < -0.39 is 5.38 Å². The predicted octanol–water partition coefficient (Wildman–Crippen LogP) is 3.74. The van der Waals surface area contributed by atoms with Crippen molar-refractivity contribution >= 4 is 33.4 Å². The van der Waals surface area contributed by atoms with Crippen LogP contribution in [0.3, 0.4) is 0 Å². The molecule has 17 heavy (non-hydrogen) atoms. The molecule has 0 bridgehead atoms. The number of carbonyl (C=O) groups is 1. The molecule has 0 spiro atoms. The lowest BCUT2D eigenvalue weighted by molar-refractivity contribution is -0.131. The number of likely N-dealkylation sites (tertiary alicyclic amines) is 1. The van der Waals surface area contributed by atoms with Crippen molar-refractivity contribution in [1.29, 1.82) is 0 Å². The molecule has 4 heteroatoms. The van der Waals surface area contributed by atoms with E-state index >= 15 is 0 Å². The maximum Gasteiger partial charge on any atom is 0.245 e. The zero-order valence-electron chi connectivity index (χ0n) is 9.53. The first-order valence-corrected chi connectivity index (χ1v) is 7.10. The van der Waals surface area contributed by atoms with Crippen LogP contribution in [-0.2, 0) is 4.79 Å². The molecule has 1 atom stereocenters. The number of rotatable bonds is 2. The Morgan fingerprint density at radius 3 is 2.35 bits per heavy atom. The number of carbonyl (C=O) groups excluding carboxylic acids is 1. The van der Waals surface area contributed by atoms with Gasteiger partial charge >= 0.3 is 0 Å². The van der Waals surface area contributed by atoms with E-state index in [0.717, 1.165) is 36.0 Å². The molecular weight excluding hydrogens is 302 g/mol. The number of amides is 1. The molecule has 1 amide bonds. The third kappa shape index (κ3) is 3.23. The largest absolute Gasteiger partial charge is 0.341 e. The van der Waals surface area contributed by atoms with Gasteiger partial charge in [-0.1, -0.05) is 28.1 Å². The normalized spacial score (nSPS) is 17.9. The van der Waals surface area contributed by atoms with Crippen LogP contribution in [0.25, 0.3) is 0 Å². The first-order chi connectivity index (χ1) is 8.18. The molecule has 0 aliphatic carbocycles. The lowest BCUT2D eigenvalue weighted by atomic mass is 10.1. The molecule has 1 fully saturated rings. The van der Waals surface area contributed by atoms with E-state index in [4.69, 9.17) is 11.6 Å². The van der Waals surface area contributed by atoms with Crippen LogP contribution in [0.2, 0.25) is 0 Å². The van der Waals surface area contributed by atoms with E-state index in [-0.39, 0.29) is 5.91 Å². The summed E-state index contributed by atoms with van der Waals surface area (Å²) in [6, 6.07) is 7.61. The Balaban J connectivity index is 2.05. The van der Waals surface area contributed by atoms with Crippen LogP contribution in [0.5, 0.6) is 0 Å². The molecule has 1 heterocycles. The maximum absolute atomic E-state index is 12.2. The molecule has 2 nitrogen and oxygen atoms in total. The van der Waals surface area contributed by atoms with Crippen LogP contribution in [0.1, 0.15) is 30.2 Å². The van der Waals surface area contributed by atoms with E-state index in [0.29, 0.717) is 0 Å². The van der Waals surface area contributed by atoms with Gasteiger partial charge in [-0.05, 0) is 37.0 Å². The smallest absolute Gasteiger partial charge is 0.245 e. The average Bonchev–Trinajstić information content (AvgIpc) is 2.39. The van der Waals surface area contributed by atoms with Crippen LogP contribution >= 0.6 is 27.5 Å². The van der Waals surface area contributed by atoms with Crippen molar-refractivity contribution in [1.82, 2.24) is 4.90 Å². The fourth-order valence-corrected chi connectivity index (χ4v) is 2.60. The van der Waals surface area contributed by atoms with Gasteiger partial charge in [-0.2, -0.15) is 0 Å². The fourth-order valence-electron chi connectivity index (χ4n) is 2.05. The van der Waals surface area contributed by atoms with E-state index in [1.54, 1.807) is 0 Å². The Hall–Kier alpha value is -0.540. The summed E-state index contributed by atoms with van der Waals surface area (Å²) in [5, 5.41) is -0.554. The molecule has 92 valence electrons. The molecule has 0 aromatic heterocycles. The molecule has 1 unspecified atom stereocenters. The second kappa shape index (κ2) is 5.87. The van der Waals surface area contributed by atoms with Crippen LogP contribution in [0.15, 0.2) is 28.7 Å². The van der Waals surface area contributed by atoms with Crippen molar-refractivity contribution in [3.63, 3.8) is 0 Å². The number of benzene rings is 1. The van der Waals surface area contributed by atoms with Crippen molar-refractivity contribution in [2.75, 3.05) is 13.1 Å². The van der Waals surface area contributed by atoms with Gasteiger partial charge in [0.05, 0.1) is 0 Å². The fraction of sp³-hybridized carbons (Fsp3) is 0.462. The van der Waals surface area contributed by atoms with Crippen molar-refractivity contribution in [2.24, 2.45) is 0 Å². The van der Waals surface area contributed by atoms with Gasteiger partial charge in [0.15, 0.2) is 0 Å². The minimum absolute atomic E-state index is 0.0358. The van der Waals surface area contributed by atoms with E-state index in [2.05, 4.69) is 15.9 Å². The predicted molar refractivity (Wildman–Crippen MR) is 73.2 cm³/mol. The van der Waals surface area contributed by atoms with Crippen LogP contribution in [0, 0.1) is 0 Å². The Kier molecular flexibility index (Phi) is 4.46. The highest BCUT2D eigenvalue weighted by Gasteiger charge is 2.24. The highest BCUT2D eigenvalue weighted by atomic mass is 79.9. The first-order valence-electron chi connectivity index (χ1n) is 5.87. The Morgan fingerprint density at radius 1 is 1.18 bits per heavy atom. The van der Waals surface area contributed by atoms with Gasteiger partial charge in [0.25, 0.3) is 0 Å². The van der Waals surface area contributed by atoms with E-state index in [9.17, 15) is 4.79 Å². The second-order valence-electron chi connectivity index (χ2n) is 4.30. The minimum atomic E-state index is -0.554. The summed E-state index contributed by atoms with van der Waals surface area (Å²) in [7, 11) is 0. The number of hydrogen-bond donors (Lipinski definition) is 0. The van der Waals surface area contributed by atoms with Gasteiger partial charge in [0.1, 0.15) is 5.38 Å². The summed E-state index contributed by atoms with van der Waals surface area (Å²) in [4.78, 5) is 14.0. The zero-order valence-corrected chi connectivity index (χ0v) is 11.9. The summed E-state index contributed by atoms with van der Waals surface area (Å²) < 4.78 is 0.996. The summed E-state index contributed by atoms with van der Waals surface area (Å²) in [6.45, 7) is 1.69. The van der Waals surface area contributed by atoms with Crippen molar-refractivity contribution in [3.8, 4) is 0 Å². The number of alkyl halides is 1. The number of nitrogens with zero attached hydrogens (tertiary/aromatic N) is 1. The molecule has 0 saturated carbocycles. The molecule has 2 rings (SSSR count). The third-order valence-electron chi connectivity index (χ3n) is 3.05. The summed E-state index contributed by atoms with van der Waals surface area (Å²) in [5.74, 6) is 0.0358. The standard InChI is InChI=1S/C13H15BrClNO/c14-11-6-4-10(5-7-11)12(15)13(17)16-8-2-1-3-9-16/h4-7,12H,1-3,8-9H2. The lowest BCUT2D eigenvalue weighted by Crippen LogP contribution is -2.37. The van der Waals surface area contributed by atoms with Gasteiger partial charge in [-0.25, -0.2) is 0 Å². The molecule has 1 aliphatic rings. The Labute approximate surface area is 115 Å². The van der Waals surface area contributed by atoms with Crippen molar-refractivity contribution in [3.05, 3.63) is 34.3 Å². The van der Waals surface area contributed by atoms with Gasteiger partial charge in [-0.15, -0.1) is 11.6 Å². The van der Waals surface area contributed by atoms with Crippen LogP contribution in [0.4, 0.5) is 0 Å². The van der Waals surface area contributed by atoms with Crippen LogP contribution < -0.4 is 0 Å². The Morgan fingerprint density at radius 2 is 1.76 bits per heavy atom. The highest BCUT2D eigenvalue weighted by Crippen LogP contribution is 2.25. The van der Waals surface area contributed by atoms with Gasteiger partial charge in [-0.3, -0.25) is 4.79 Å². The summed E-state index contributed by atoms with van der Waals surface area (Å²) in [5.41, 5.74) is 0.866. The van der Waals surface area contributed by atoms with E-state index in [1.807, 2.05) is 29.2 Å². The van der Waals surface area contributed by atoms with E-state index in [1.165, 1.54) is 6.42 Å². The lowest BCUT2D eigenvalue weighted by Gasteiger charge is -2.28. The third-order valence-corrected chi connectivity index (χ3v) is 4.01. The van der Waals surface area contributed by atoms with Gasteiger partial charge in [0, 0.05) is 17.6 Å². The number of halogens is 2. The highest BCUT2D eigenvalue weighted by molar-refractivity contribution is 9.10. The Bertz CT molecular complexity index is 387. The van der Waals surface area contributed by atoms with Crippen LogP contribution in [-0.4, -0.2) is 23.9 Å². The van der Waals surface area contributed by atoms with Gasteiger partial charge in [0.2, 0.25) is 5.91 Å². The van der Waals surface area contributed by atoms with Crippen molar-refractivity contribution < 1.29 is 4.79 Å². The molecule has 1 aliphatic heterocycles. The topological polar surface area (TPSA) is 20.3 Å². The quantitative estimate of drug-likeness (QED) is 0.761. The monoisotopic (exact) mass is 315 g/mol. The zero-order chi connectivity index (χ0) is 12.3. The summed E-state index contributed by atoms with van der Waals surface area (Å²) in [6.07, 6.45) is 3.40. The second-order valence-corrected chi connectivity index (χ2v) is 5.65. The number of piperidine rings is 1. The number of hydrogen-bond acceptors (Lipinski definition) is 1.